The van der Waals surface area contributed by atoms with Gasteiger partial charge in [0.1, 0.15) is 0 Å². The Bertz CT molecular complexity index is 986. The average molecular weight is 473 g/mol. The van der Waals surface area contributed by atoms with Gasteiger partial charge in [-0.05, 0) is 57.8 Å². The number of fused-ring (bicyclic) bond motifs is 1. The minimum atomic E-state index is -2.41. The molecule has 33 heavy (non-hydrogen) atoms. The van der Waals surface area contributed by atoms with Crippen LogP contribution in [0.3, 0.4) is 0 Å². The van der Waals surface area contributed by atoms with Crippen LogP contribution in [0.1, 0.15) is 67.7 Å². The molecule has 0 aliphatic carbocycles. The molecule has 4 amide bonds. The third kappa shape index (κ3) is 4.71. The summed E-state index contributed by atoms with van der Waals surface area (Å²) >= 11 is 0. The summed E-state index contributed by atoms with van der Waals surface area (Å²) in [5, 5.41) is 0. The van der Waals surface area contributed by atoms with E-state index in [1.54, 1.807) is 26.0 Å². The number of amides is 4. The van der Waals surface area contributed by atoms with Crippen molar-refractivity contribution in [3.8, 4) is 0 Å². The standard InChI is InChI=1S/C24H32N2O6Si/c1-6-13-31-33(5,32-14-7-2)15-9-12-25-23(29)18-10-8-11-19(20(18)24(25)30)26-21(27)16(3)17(4)22(26)28/h8,10-11H,6-7,9,12-15H2,1-5H3. The van der Waals surface area contributed by atoms with Gasteiger partial charge >= 0.3 is 8.56 Å². The molecule has 0 saturated heterocycles. The monoisotopic (exact) mass is 472 g/mol. The molecule has 0 radical (unpaired) electrons. The fourth-order valence-corrected chi connectivity index (χ4v) is 6.50. The normalized spacial score (nSPS) is 16.5. The lowest BCUT2D eigenvalue weighted by molar-refractivity contribution is -0.120. The summed E-state index contributed by atoms with van der Waals surface area (Å²) < 4.78 is 12.1. The second-order valence-corrected chi connectivity index (χ2v) is 11.9. The smallest absolute Gasteiger partial charge is 0.334 e. The van der Waals surface area contributed by atoms with Crippen LogP contribution in [0.15, 0.2) is 29.3 Å². The molecule has 0 saturated carbocycles. The molecule has 9 heteroatoms. The van der Waals surface area contributed by atoms with E-state index in [2.05, 4.69) is 0 Å². The Morgan fingerprint density at radius 3 is 1.97 bits per heavy atom. The summed E-state index contributed by atoms with van der Waals surface area (Å²) in [6.45, 7) is 10.7. The average Bonchev–Trinajstić information content (AvgIpc) is 3.16. The molecule has 3 rings (SSSR count). The van der Waals surface area contributed by atoms with Crippen LogP contribution in [0.25, 0.3) is 0 Å². The Balaban J connectivity index is 1.77. The zero-order valence-corrected chi connectivity index (χ0v) is 21.0. The number of carbonyl (C=O) groups is 4. The number of carbonyl (C=O) groups excluding carboxylic acids is 4. The van der Waals surface area contributed by atoms with Gasteiger partial charge in [0.25, 0.3) is 23.6 Å². The molecule has 0 aromatic heterocycles. The van der Waals surface area contributed by atoms with Gasteiger partial charge in [0, 0.05) is 30.9 Å². The van der Waals surface area contributed by atoms with Crippen molar-refractivity contribution in [2.24, 2.45) is 0 Å². The molecule has 0 fully saturated rings. The fraction of sp³-hybridized carbons (Fsp3) is 0.500. The van der Waals surface area contributed by atoms with Gasteiger partial charge in [-0.15, -0.1) is 0 Å². The summed E-state index contributed by atoms with van der Waals surface area (Å²) in [5.41, 5.74) is 1.17. The predicted molar refractivity (Wildman–Crippen MR) is 126 cm³/mol. The van der Waals surface area contributed by atoms with Gasteiger partial charge in [-0.3, -0.25) is 24.1 Å². The van der Waals surface area contributed by atoms with Crippen LogP contribution in [0.4, 0.5) is 5.69 Å². The number of anilines is 1. The first-order chi connectivity index (χ1) is 15.7. The summed E-state index contributed by atoms with van der Waals surface area (Å²) in [6, 6.07) is 5.34. The molecule has 1 aromatic rings. The van der Waals surface area contributed by atoms with Gasteiger partial charge in [0.15, 0.2) is 0 Å². The SMILES string of the molecule is CCCO[Si](C)(CCCN1C(=O)c2cccc(N3C(=O)C(C)=C(C)C3=O)c2C1=O)OCCC. The van der Waals surface area contributed by atoms with Crippen molar-refractivity contribution in [3.63, 3.8) is 0 Å². The van der Waals surface area contributed by atoms with Crippen LogP contribution in [0, 0.1) is 0 Å². The molecule has 0 bridgehead atoms. The van der Waals surface area contributed by atoms with Crippen molar-refractivity contribution >= 4 is 37.9 Å². The molecule has 0 spiro atoms. The number of imide groups is 2. The Hall–Kier alpha value is -2.62. The molecule has 1 aromatic carbocycles. The number of rotatable bonds is 11. The lowest BCUT2D eigenvalue weighted by Crippen LogP contribution is -2.40. The molecular weight excluding hydrogens is 440 g/mol. The van der Waals surface area contributed by atoms with E-state index in [0.29, 0.717) is 36.8 Å². The number of hydrogen-bond donors (Lipinski definition) is 0. The van der Waals surface area contributed by atoms with Gasteiger partial charge < -0.3 is 8.85 Å². The third-order valence-corrected chi connectivity index (χ3v) is 8.96. The summed E-state index contributed by atoms with van der Waals surface area (Å²) in [5.74, 6) is -1.83. The first-order valence-electron chi connectivity index (χ1n) is 11.5. The van der Waals surface area contributed by atoms with E-state index in [-0.39, 0.29) is 23.4 Å². The van der Waals surface area contributed by atoms with E-state index in [9.17, 15) is 19.2 Å². The van der Waals surface area contributed by atoms with Crippen LogP contribution in [0.2, 0.25) is 12.6 Å². The highest BCUT2D eigenvalue weighted by molar-refractivity contribution is 6.66. The lowest BCUT2D eigenvalue weighted by Gasteiger charge is -2.27. The molecule has 2 aliphatic rings. The Morgan fingerprint density at radius 2 is 1.42 bits per heavy atom. The molecular formula is C24H32N2O6Si. The number of benzene rings is 1. The predicted octanol–water partition coefficient (Wildman–Crippen LogP) is 3.81. The van der Waals surface area contributed by atoms with Crippen LogP contribution in [-0.4, -0.2) is 56.8 Å². The summed E-state index contributed by atoms with van der Waals surface area (Å²) in [7, 11) is -2.41. The Labute approximate surface area is 195 Å². The van der Waals surface area contributed by atoms with Crippen LogP contribution in [-0.2, 0) is 18.4 Å². The van der Waals surface area contributed by atoms with Crippen LogP contribution in [0.5, 0.6) is 0 Å². The van der Waals surface area contributed by atoms with Crippen molar-refractivity contribution in [1.82, 2.24) is 4.90 Å². The van der Waals surface area contributed by atoms with Gasteiger partial charge in [0.2, 0.25) is 0 Å². The molecule has 0 unspecified atom stereocenters. The highest BCUT2D eigenvalue weighted by Crippen LogP contribution is 2.35. The first-order valence-corrected chi connectivity index (χ1v) is 14.0. The molecule has 178 valence electrons. The second kappa shape index (κ2) is 10.1. The minimum Gasteiger partial charge on any atom is -0.394 e. The second-order valence-electron chi connectivity index (χ2n) is 8.59. The largest absolute Gasteiger partial charge is 0.394 e. The van der Waals surface area contributed by atoms with Crippen molar-refractivity contribution in [2.45, 2.75) is 59.5 Å². The number of hydrogen-bond acceptors (Lipinski definition) is 6. The maximum Gasteiger partial charge on any atom is 0.334 e. The van der Waals surface area contributed by atoms with Crippen molar-refractivity contribution in [3.05, 3.63) is 40.5 Å². The Kier molecular flexibility index (Phi) is 7.66. The van der Waals surface area contributed by atoms with E-state index < -0.39 is 32.2 Å². The summed E-state index contributed by atoms with van der Waals surface area (Å²) in [6.07, 6.45) is 2.33. The van der Waals surface area contributed by atoms with Gasteiger partial charge in [-0.1, -0.05) is 19.9 Å². The Morgan fingerprint density at radius 1 is 0.848 bits per heavy atom. The topological polar surface area (TPSA) is 93.2 Å². The van der Waals surface area contributed by atoms with Gasteiger partial charge in [0.05, 0.1) is 16.8 Å². The summed E-state index contributed by atoms with van der Waals surface area (Å²) in [4.78, 5) is 53.8. The van der Waals surface area contributed by atoms with Crippen LogP contribution < -0.4 is 4.90 Å². The first kappa shape index (κ1) is 25.0. The maximum absolute atomic E-state index is 13.3. The van der Waals surface area contributed by atoms with E-state index in [1.165, 1.54) is 11.0 Å². The minimum absolute atomic E-state index is 0.108. The van der Waals surface area contributed by atoms with E-state index in [4.69, 9.17) is 8.85 Å². The van der Waals surface area contributed by atoms with Gasteiger partial charge in [-0.25, -0.2) is 4.90 Å². The van der Waals surface area contributed by atoms with Crippen molar-refractivity contribution in [1.29, 1.82) is 0 Å². The third-order valence-electron chi connectivity index (χ3n) is 6.06. The molecule has 0 atom stereocenters. The molecule has 8 nitrogen and oxygen atoms in total. The molecule has 0 N–H and O–H groups in total. The molecule has 2 heterocycles. The van der Waals surface area contributed by atoms with Gasteiger partial charge in [-0.2, -0.15) is 0 Å². The highest BCUT2D eigenvalue weighted by atomic mass is 28.4. The van der Waals surface area contributed by atoms with Crippen LogP contribution >= 0.6 is 0 Å². The fourth-order valence-electron chi connectivity index (χ4n) is 4.05. The quantitative estimate of drug-likeness (QED) is 0.359. The molecule has 2 aliphatic heterocycles. The van der Waals surface area contributed by atoms with E-state index >= 15 is 0 Å². The van der Waals surface area contributed by atoms with Crippen molar-refractivity contribution in [2.75, 3.05) is 24.7 Å². The zero-order valence-electron chi connectivity index (χ0n) is 20.0. The van der Waals surface area contributed by atoms with E-state index in [0.717, 1.165) is 17.7 Å². The van der Waals surface area contributed by atoms with Crippen molar-refractivity contribution < 1.29 is 28.0 Å². The highest BCUT2D eigenvalue weighted by Gasteiger charge is 2.43. The number of nitrogens with zero attached hydrogens (tertiary/aromatic N) is 2. The lowest BCUT2D eigenvalue weighted by atomic mass is 10.1. The van der Waals surface area contributed by atoms with E-state index in [1.807, 2.05) is 20.4 Å². The maximum atomic E-state index is 13.3. The zero-order chi connectivity index (χ0) is 24.3.